The number of aldehydes is 1. The Bertz CT molecular complexity index is 322. The Labute approximate surface area is 88.4 Å². The predicted octanol–water partition coefficient (Wildman–Crippen LogP) is 1.27. The van der Waals surface area contributed by atoms with Gasteiger partial charge in [0, 0.05) is 0 Å². The molecule has 0 unspecified atom stereocenters. The lowest BCUT2D eigenvalue weighted by molar-refractivity contribution is 0.111. The molecule has 4 nitrogen and oxygen atoms in total. The van der Waals surface area contributed by atoms with E-state index in [1.54, 1.807) is 18.2 Å². The normalized spacial score (nSPS) is 9.73. The van der Waals surface area contributed by atoms with Gasteiger partial charge in [-0.25, -0.2) is 0 Å². The third-order valence-corrected chi connectivity index (χ3v) is 1.77. The number of hydrogen-bond acceptors (Lipinski definition) is 4. The smallest absolute Gasteiger partial charge is 0.171 e. The molecular weight excluding hydrogens is 196 g/mol. The number of benzene rings is 1. The lowest BCUT2D eigenvalue weighted by atomic mass is 10.2. The molecular formula is C11H14O4. The van der Waals surface area contributed by atoms with Crippen LogP contribution in [0.5, 0.6) is 11.5 Å². The molecule has 0 spiro atoms. The molecule has 0 saturated carbocycles. The number of hydrogen-bond donors (Lipinski definition) is 1. The van der Waals surface area contributed by atoms with E-state index in [4.69, 9.17) is 14.6 Å². The molecule has 0 heterocycles. The summed E-state index contributed by atoms with van der Waals surface area (Å²) in [5.41, 5.74) is 0.425. The second kappa shape index (κ2) is 6.03. The van der Waals surface area contributed by atoms with Crippen molar-refractivity contribution in [2.45, 2.75) is 6.92 Å². The van der Waals surface area contributed by atoms with Crippen LogP contribution in [0.1, 0.15) is 17.3 Å². The Morgan fingerprint density at radius 1 is 1.40 bits per heavy atom. The van der Waals surface area contributed by atoms with Gasteiger partial charge >= 0.3 is 0 Å². The van der Waals surface area contributed by atoms with Crippen molar-refractivity contribution >= 4 is 6.29 Å². The minimum Gasteiger partial charge on any atom is -0.490 e. The van der Waals surface area contributed by atoms with E-state index >= 15 is 0 Å². The maximum atomic E-state index is 10.7. The van der Waals surface area contributed by atoms with Crippen molar-refractivity contribution in [3.8, 4) is 11.5 Å². The van der Waals surface area contributed by atoms with Crippen LogP contribution in [0.3, 0.4) is 0 Å². The van der Waals surface area contributed by atoms with Crippen molar-refractivity contribution in [1.29, 1.82) is 0 Å². The first kappa shape index (κ1) is 11.5. The van der Waals surface area contributed by atoms with Gasteiger partial charge in [-0.1, -0.05) is 6.07 Å². The van der Waals surface area contributed by atoms with E-state index in [0.29, 0.717) is 30.0 Å². The van der Waals surface area contributed by atoms with E-state index < -0.39 is 0 Å². The highest BCUT2D eigenvalue weighted by Crippen LogP contribution is 2.30. The van der Waals surface area contributed by atoms with Crippen molar-refractivity contribution in [1.82, 2.24) is 0 Å². The maximum Gasteiger partial charge on any atom is 0.171 e. The highest BCUT2D eigenvalue weighted by atomic mass is 16.5. The fourth-order valence-corrected chi connectivity index (χ4v) is 1.20. The van der Waals surface area contributed by atoms with E-state index in [2.05, 4.69) is 0 Å². The number of aliphatic hydroxyl groups is 1. The summed E-state index contributed by atoms with van der Waals surface area (Å²) in [5.74, 6) is 0.916. The molecule has 1 aromatic carbocycles. The SMILES string of the molecule is CCOc1cccc(C=O)c1OCCO. The minimum atomic E-state index is -0.0985. The van der Waals surface area contributed by atoms with Crippen molar-refractivity contribution in [3.05, 3.63) is 23.8 Å². The van der Waals surface area contributed by atoms with Gasteiger partial charge in [0.1, 0.15) is 6.61 Å². The van der Waals surface area contributed by atoms with E-state index in [9.17, 15) is 4.79 Å². The standard InChI is InChI=1S/C11H14O4/c1-2-14-10-5-3-4-9(8-13)11(10)15-7-6-12/h3-5,8,12H,2,6-7H2,1H3. The first-order valence-electron chi connectivity index (χ1n) is 4.78. The maximum absolute atomic E-state index is 10.7. The van der Waals surface area contributed by atoms with Gasteiger partial charge in [0.2, 0.25) is 0 Å². The zero-order chi connectivity index (χ0) is 11.1. The van der Waals surface area contributed by atoms with Crippen molar-refractivity contribution in [2.24, 2.45) is 0 Å². The monoisotopic (exact) mass is 210 g/mol. The third kappa shape index (κ3) is 2.95. The molecule has 0 aromatic heterocycles. The van der Waals surface area contributed by atoms with E-state index in [0.717, 1.165) is 0 Å². The largest absolute Gasteiger partial charge is 0.490 e. The molecule has 1 aromatic rings. The molecule has 0 atom stereocenters. The molecule has 82 valence electrons. The van der Waals surface area contributed by atoms with E-state index in [-0.39, 0.29) is 13.2 Å². The zero-order valence-electron chi connectivity index (χ0n) is 8.60. The second-order valence-corrected chi connectivity index (χ2v) is 2.80. The lowest BCUT2D eigenvalue weighted by Crippen LogP contribution is -2.06. The first-order valence-corrected chi connectivity index (χ1v) is 4.78. The van der Waals surface area contributed by atoms with Crippen LogP contribution in [0.25, 0.3) is 0 Å². The van der Waals surface area contributed by atoms with Gasteiger partial charge in [-0.3, -0.25) is 4.79 Å². The molecule has 4 heteroatoms. The molecule has 15 heavy (non-hydrogen) atoms. The van der Waals surface area contributed by atoms with Crippen molar-refractivity contribution < 1.29 is 19.4 Å². The summed E-state index contributed by atoms with van der Waals surface area (Å²) < 4.78 is 10.6. The zero-order valence-corrected chi connectivity index (χ0v) is 8.60. The van der Waals surface area contributed by atoms with Gasteiger partial charge in [-0.05, 0) is 19.1 Å². The number of ether oxygens (including phenoxy) is 2. The minimum absolute atomic E-state index is 0.0985. The van der Waals surface area contributed by atoms with Crippen molar-refractivity contribution in [2.75, 3.05) is 19.8 Å². The molecule has 0 aliphatic carbocycles. The molecule has 0 fully saturated rings. The van der Waals surface area contributed by atoms with Crippen LogP contribution in [0, 0.1) is 0 Å². The molecule has 0 amide bonds. The predicted molar refractivity (Wildman–Crippen MR) is 55.6 cm³/mol. The van der Waals surface area contributed by atoms with Gasteiger partial charge in [0.25, 0.3) is 0 Å². The van der Waals surface area contributed by atoms with E-state index in [1.165, 1.54) is 0 Å². The van der Waals surface area contributed by atoms with Gasteiger partial charge in [0.15, 0.2) is 17.8 Å². The topological polar surface area (TPSA) is 55.8 Å². The molecule has 0 aliphatic heterocycles. The fourth-order valence-electron chi connectivity index (χ4n) is 1.20. The number of carbonyl (C=O) groups excluding carboxylic acids is 1. The van der Waals surface area contributed by atoms with Gasteiger partial charge < -0.3 is 14.6 Å². The van der Waals surface area contributed by atoms with E-state index in [1.807, 2.05) is 6.92 Å². The van der Waals surface area contributed by atoms with Crippen LogP contribution in [0.2, 0.25) is 0 Å². The van der Waals surface area contributed by atoms with Crippen molar-refractivity contribution in [3.63, 3.8) is 0 Å². The fraction of sp³-hybridized carbons (Fsp3) is 0.364. The third-order valence-electron chi connectivity index (χ3n) is 1.77. The average Bonchev–Trinajstić information content (AvgIpc) is 2.27. The van der Waals surface area contributed by atoms with Crippen LogP contribution >= 0.6 is 0 Å². The molecule has 1 rings (SSSR count). The van der Waals surface area contributed by atoms with Gasteiger partial charge in [-0.2, -0.15) is 0 Å². The van der Waals surface area contributed by atoms with Crippen LogP contribution in [-0.2, 0) is 0 Å². The first-order chi connectivity index (χ1) is 7.33. The van der Waals surface area contributed by atoms with Crippen LogP contribution in [-0.4, -0.2) is 31.2 Å². The molecule has 0 aliphatic rings. The number of rotatable bonds is 6. The quantitative estimate of drug-likeness (QED) is 0.718. The Morgan fingerprint density at radius 2 is 2.20 bits per heavy atom. The van der Waals surface area contributed by atoms with Crippen LogP contribution in [0.4, 0.5) is 0 Å². The summed E-state index contributed by atoms with van der Waals surface area (Å²) in [6.45, 7) is 2.39. The Morgan fingerprint density at radius 3 is 2.80 bits per heavy atom. The Kier molecular flexibility index (Phi) is 4.63. The Hall–Kier alpha value is -1.55. The van der Waals surface area contributed by atoms with Gasteiger partial charge in [0.05, 0.1) is 18.8 Å². The molecule has 0 saturated heterocycles. The number of carbonyl (C=O) groups is 1. The summed E-state index contributed by atoms with van der Waals surface area (Å²) in [6, 6.07) is 5.09. The summed E-state index contributed by atoms with van der Waals surface area (Å²) >= 11 is 0. The highest BCUT2D eigenvalue weighted by molar-refractivity contribution is 5.81. The van der Waals surface area contributed by atoms with Crippen LogP contribution < -0.4 is 9.47 Å². The molecule has 1 N–H and O–H groups in total. The number of aliphatic hydroxyl groups excluding tert-OH is 1. The highest BCUT2D eigenvalue weighted by Gasteiger charge is 2.09. The Balaban J connectivity index is 2.97. The summed E-state index contributed by atoms with van der Waals surface area (Å²) in [5, 5.41) is 8.66. The van der Waals surface area contributed by atoms with Crippen LogP contribution in [0.15, 0.2) is 18.2 Å². The molecule has 0 bridgehead atoms. The lowest BCUT2D eigenvalue weighted by Gasteiger charge is -2.12. The molecule has 0 radical (unpaired) electrons. The summed E-state index contributed by atoms with van der Waals surface area (Å²) in [6.07, 6.45) is 0.704. The number of para-hydroxylation sites is 1. The summed E-state index contributed by atoms with van der Waals surface area (Å²) in [7, 11) is 0. The summed E-state index contributed by atoms with van der Waals surface area (Å²) in [4.78, 5) is 10.7. The second-order valence-electron chi connectivity index (χ2n) is 2.80. The van der Waals surface area contributed by atoms with Gasteiger partial charge in [-0.15, -0.1) is 0 Å². The average molecular weight is 210 g/mol.